The largest absolute Gasteiger partial charge is 0.369 e. The van der Waals surface area contributed by atoms with Crippen molar-refractivity contribution >= 4 is 34.5 Å². The Hall–Kier alpha value is -3.27. The van der Waals surface area contributed by atoms with Crippen molar-refractivity contribution in [3.63, 3.8) is 0 Å². The van der Waals surface area contributed by atoms with Crippen molar-refractivity contribution in [2.45, 2.75) is 56.5 Å². The lowest BCUT2D eigenvalue weighted by molar-refractivity contribution is -0.123. The SMILES string of the molecule is CCCCCn1c(SCc2cc(F)ccc2F)nc2cc(C(=O)N3CCC(C(N)=O)CC3)ccc2c1=O. The number of rotatable bonds is 9. The molecule has 1 aliphatic heterocycles. The monoisotopic (exact) mass is 528 g/mol. The normalized spacial score (nSPS) is 14.3. The summed E-state index contributed by atoms with van der Waals surface area (Å²) in [5.74, 6) is -1.73. The molecule has 10 heteroatoms. The van der Waals surface area contributed by atoms with E-state index in [2.05, 4.69) is 11.9 Å². The van der Waals surface area contributed by atoms with Crippen LogP contribution in [0.3, 0.4) is 0 Å². The number of thioether (sulfide) groups is 1. The van der Waals surface area contributed by atoms with E-state index in [1.807, 2.05) is 0 Å². The number of halogens is 2. The van der Waals surface area contributed by atoms with E-state index in [9.17, 15) is 23.2 Å². The molecule has 0 saturated carbocycles. The van der Waals surface area contributed by atoms with Crippen molar-refractivity contribution < 1.29 is 18.4 Å². The van der Waals surface area contributed by atoms with E-state index in [0.717, 1.165) is 49.2 Å². The Kier molecular flexibility index (Phi) is 8.58. The van der Waals surface area contributed by atoms with Gasteiger partial charge in [-0.25, -0.2) is 13.8 Å². The number of nitrogens with two attached hydrogens (primary N) is 1. The molecule has 1 saturated heterocycles. The zero-order valence-corrected chi connectivity index (χ0v) is 21.5. The summed E-state index contributed by atoms with van der Waals surface area (Å²) in [6.45, 7) is 3.38. The van der Waals surface area contributed by atoms with Gasteiger partial charge in [0.25, 0.3) is 11.5 Å². The smallest absolute Gasteiger partial charge is 0.262 e. The highest BCUT2D eigenvalue weighted by atomic mass is 32.2. The van der Waals surface area contributed by atoms with Crippen molar-refractivity contribution in [3.8, 4) is 0 Å². The fourth-order valence-electron chi connectivity index (χ4n) is 4.51. The molecule has 0 aliphatic carbocycles. The molecule has 2 amide bonds. The van der Waals surface area contributed by atoms with Gasteiger partial charge in [0, 0.05) is 42.4 Å². The highest BCUT2D eigenvalue weighted by molar-refractivity contribution is 7.98. The number of amides is 2. The summed E-state index contributed by atoms with van der Waals surface area (Å²) in [4.78, 5) is 44.3. The van der Waals surface area contributed by atoms with Gasteiger partial charge >= 0.3 is 0 Å². The quantitative estimate of drug-likeness (QED) is 0.251. The summed E-state index contributed by atoms with van der Waals surface area (Å²) in [7, 11) is 0. The molecule has 2 aromatic carbocycles. The van der Waals surface area contributed by atoms with Gasteiger partial charge in [-0.1, -0.05) is 31.5 Å². The first-order valence-electron chi connectivity index (χ1n) is 12.5. The number of unbranched alkanes of at least 4 members (excludes halogenated alkanes) is 2. The Morgan fingerprint density at radius 1 is 1.11 bits per heavy atom. The molecule has 1 fully saturated rings. The maximum Gasteiger partial charge on any atom is 0.262 e. The fourth-order valence-corrected chi connectivity index (χ4v) is 5.51. The zero-order chi connectivity index (χ0) is 26.5. The second-order valence-electron chi connectivity index (χ2n) is 9.28. The Bertz CT molecular complexity index is 1370. The van der Waals surface area contributed by atoms with E-state index < -0.39 is 11.6 Å². The van der Waals surface area contributed by atoms with Gasteiger partial charge in [-0.05, 0) is 55.7 Å². The van der Waals surface area contributed by atoms with Crippen LogP contribution >= 0.6 is 11.8 Å². The molecule has 1 aliphatic rings. The van der Waals surface area contributed by atoms with Crippen LogP contribution in [-0.4, -0.2) is 39.4 Å². The lowest BCUT2D eigenvalue weighted by Crippen LogP contribution is -2.41. The molecule has 196 valence electrons. The van der Waals surface area contributed by atoms with Gasteiger partial charge < -0.3 is 10.6 Å². The van der Waals surface area contributed by atoms with E-state index in [-0.39, 0.29) is 34.6 Å². The first kappa shape index (κ1) is 26.8. The molecule has 0 radical (unpaired) electrons. The van der Waals surface area contributed by atoms with Gasteiger partial charge in [0.05, 0.1) is 10.9 Å². The molecule has 0 bridgehead atoms. The maximum absolute atomic E-state index is 14.2. The van der Waals surface area contributed by atoms with E-state index in [1.165, 1.54) is 0 Å². The minimum atomic E-state index is -0.535. The van der Waals surface area contributed by atoms with E-state index in [4.69, 9.17) is 5.73 Å². The zero-order valence-electron chi connectivity index (χ0n) is 20.7. The van der Waals surface area contributed by atoms with Crippen molar-refractivity contribution in [2.24, 2.45) is 11.7 Å². The van der Waals surface area contributed by atoms with Crippen LogP contribution in [0.15, 0.2) is 46.3 Å². The maximum atomic E-state index is 14.2. The topological polar surface area (TPSA) is 98.3 Å². The summed E-state index contributed by atoms with van der Waals surface area (Å²) in [5, 5.41) is 0.783. The summed E-state index contributed by atoms with van der Waals surface area (Å²) >= 11 is 1.16. The highest BCUT2D eigenvalue weighted by Gasteiger charge is 2.27. The minimum Gasteiger partial charge on any atom is -0.369 e. The predicted octanol–water partition coefficient (Wildman–Crippen LogP) is 4.49. The molecule has 1 aromatic heterocycles. The molecular formula is C27H30F2N4O3S. The van der Waals surface area contributed by atoms with Crippen LogP contribution in [-0.2, 0) is 17.1 Å². The molecule has 0 unspecified atom stereocenters. The Balaban J connectivity index is 1.64. The van der Waals surface area contributed by atoms with Gasteiger partial charge in [0.1, 0.15) is 11.6 Å². The van der Waals surface area contributed by atoms with Crippen molar-refractivity contribution in [1.82, 2.24) is 14.5 Å². The van der Waals surface area contributed by atoms with Crippen LogP contribution < -0.4 is 11.3 Å². The summed E-state index contributed by atoms with van der Waals surface area (Å²) in [5.41, 5.74) is 6.11. The number of aromatic nitrogens is 2. The Labute approximate surface area is 218 Å². The Morgan fingerprint density at radius 3 is 2.57 bits per heavy atom. The lowest BCUT2D eigenvalue weighted by atomic mass is 9.96. The summed E-state index contributed by atoms with van der Waals surface area (Å²) in [6, 6.07) is 8.12. The standard InChI is InChI=1S/C27H30F2N4O3S/c1-2-3-4-11-33-26(36)21-7-5-18(25(35)32-12-9-17(10-13-32)24(30)34)15-23(21)31-27(33)37-16-19-14-20(28)6-8-22(19)29/h5-8,14-15,17H,2-4,9-13,16H2,1H3,(H2,30,34). The van der Waals surface area contributed by atoms with Gasteiger partial charge in [0.15, 0.2) is 5.16 Å². The van der Waals surface area contributed by atoms with Crippen LogP contribution in [0.4, 0.5) is 8.78 Å². The lowest BCUT2D eigenvalue weighted by Gasteiger charge is -2.30. The number of hydrogen-bond donors (Lipinski definition) is 1. The number of carbonyl (C=O) groups is 2. The first-order chi connectivity index (χ1) is 17.8. The number of nitrogens with zero attached hydrogens (tertiary/aromatic N) is 3. The van der Waals surface area contributed by atoms with Gasteiger partial charge in [-0.3, -0.25) is 19.0 Å². The van der Waals surface area contributed by atoms with Crippen molar-refractivity contribution in [3.05, 3.63) is 69.5 Å². The number of piperidine rings is 1. The first-order valence-corrected chi connectivity index (χ1v) is 13.5. The third-order valence-electron chi connectivity index (χ3n) is 6.70. The molecular weight excluding hydrogens is 498 g/mol. The average Bonchev–Trinajstić information content (AvgIpc) is 2.90. The van der Waals surface area contributed by atoms with E-state index >= 15 is 0 Å². The van der Waals surface area contributed by atoms with Crippen LogP contribution in [0.25, 0.3) is 10.9 Å². The molecule has 4 rings (SSSR count). The van der Waals surface area contributed by atoms with Crippen LogP contribution in [0.1, 0.15) is 54.9 Å². The van der Waals surface area contributed by atoms with E-state index in [1.54, 1.807) is 27.7 Å². The number of benzene rings is 2. The third-order valence-corrected chi connectivity index (χ3v) is 7.73. The van der Waals surface area contributed by atoms with E-state index in [0.29, 0.717) is 54.1 Å². The molecule has 0 spiro atoms. The van der Waals surface area contributed by atoms with Crippen LogP contribution in [0, 0.1) is 17.6 Å². The van der Waals surface area contributed by atoms with Crippen molar-refractivity contribution in [2.75, 3.05) is 13.1 Å². The molecule has 7 nitrogen and oxygen atoms in total. The third kappa shape index (κ3) is 6.18. The number of hydrogen-bond acceptors (Lipinski definition) is 5. The number of likely N-dealkylation sites (tertiary alicyclic amines) is 1. The van der Waals surface area contributed by atoms with Crippen molar-refractivity contribution in [1.29, 1.82) is 0 Å². The Morgan fingerprint density at radius 2 is 1.86 bits per heavy atom. The number of carbonyl (C=O) groups excluding carboxylic acids is 2. The second kappa shape index (κ2) is 11.9. The predicted molar refractivity (Wildman–Crippen MR) is 139 cm³/mol. The second-order valence-corrected chi connectivity index (χ2v) is 10.2. The molecule has 3 aromatic rings. The van der Waals surface area contributed by atoms with Gasteiger partial charge in [-0.2, -0.15) is 0 Å². The van der Waals surface area contributed by atoms with Crippen LogP contribution in [0.2, 0.25) is 0 Å². The summed E-state index contributed by atoms with van der Waals surface area (Å²) < 4.78 is 29.4. The molecule has 2 heterocycles. The average molecular weight is 529 g/mol. The minimum absolute atomic E-state index is 0.0999. The van der Waals surface area contributed by atoms with Gasteiger partial charge in [0.2, 0.25) is 5.91 Å². The molecule has 2 N–H and O–H groups in total. The molecule has 0 atom stereocenters. The number of primary amides is 1. The number of fused-ring (bicyclic) bond motifs is 1. The van der Waals surface area contributed by atoms with Gasteiger partial charge in [-0.15, -0.1) is 0 Å². The fraction of sp³-hybridized carbons (Fsp3) is 0.407. The summed E-state index contributed by atoms with van der Waals surface area (Å²) in [6.07, 6.45) is 3.74. The molecule has 37 heavy (non-hydrogen) atoms. The van der Waals surface area contributed by atoms with Crippen LogP contribution in [0.5, 0.6) is 0 Å². The highest BCUT2D eigenvalue weighted by Crippen LogP contribution is 2.26.